The van der Waals surface area contributed by atoms with E-state index in [-0.39, 0.29) is 28.9 Å². The molecule has 1 aliphatic heterocycles. The molecule has 0 aromatic heterocycles. The van der Waals surface area contributed by atoms with Gasteiger partial charge in [0.2, 0.25) is 17.6 Å². The van der Waals surface area contributed by atoms with Gasteiger partial charge in [0.05, 0.1) is 16.5 Å². The number of nitrogens with one attached hydrogen (secondary N) is 3. The van der Waals surface area contributed by atoms with E-state index in [0.717, 1.165) is 12.8 Å². The van der Waals surface area contributed by atoms with Crippen molar-refractivity contribution >= 4 is 39.4 Å². The van der Waals surface area contributed by atoms with E-state index in [4.69, 9.17) is 5.73 Å². The minimum absolute atomic E-state index is 0.0493. The molecule has 13 heteroatoms. The summed E-state index contributed by atoms with van der Waals surface area (Å²) in [5, 5.41) is 8.35. The van der Waals surface area contributed by atoms with Crippen molar-refractivity contribution in [3.8, 4) is 0 Å². The van der Waals surface area contributed by atoms with E-state index in [1.54, 1.807) is 41.5 Å². The van der Waals surface area contributed by atoms with Crippen LogP contribution in [0.4, 0.5) is 4.79 Å². The van der Waals surface area contributed by atoms with E-state index in [1.165, 1.54) is 4.90 Å². The maximum Gasteiger partial charge on any atom is 0.315 e. The van der Waals surface area contributed by atoms with Crippen LogP contribution in [0.5, 0.6) is 0 Å². The number of hydrogen-bond donors (Lipinski definition) is 4. The van der Waals surface area contributed by atoms with Gasteiger partial charge in [-0.3, -0.25) is 19.2 Å². The number of carbonyl (C=O) groups is 5. The summed E-state index contributed by atoms with van der Waals surface area (Å²) in [5.41, 5.74) is 3.69. The summed E-state index contributed by atoms with van der Waals surface area (Å²) in [4.78, 5) is 67.3. The van der Waals surface area contributed by atoms with Gasteiger partial charge in [0, 0.05) is 12.6 Å². The lowest BCUT2D eigenvalue weighted by molar-refractivity contribution is -0.145. The number of fused-ring (bicyclic) bond motifs is 1. The zero-order valence-corrected chi connectivity index (χ0v) is 29.7. The van der Waals surface area contributed by atoms with Crippen LogP contribution in [0.3, 0.4) is 0 Å². The van der Waals surface area contributed by atoms with Crippen LogP contribution in [0, 0.1) is 34.0 Å². The number of rotatable bonds is 11. The molecule has 256 valence electrons. The molecular formula is C32H55N5O7S. The summed E-state index contributed by atoms with van der Waals surface area (Å²) in [5.74, 6) is -3.09. The molecule has 0 aromatic carbocycles. The highest BCUT2D eigenvalue weighted by Crippen LogP contribution is 2.65. The maximum absolute atomic E-state index is 14.2. The molecule has 0 radical (unpaired) electrons. The fourth-order valence-corrected chi connectivity index (χ4v) is 7.81. The number of nitrogens with two attached hydrogens (primary N) is 1. The molecule has 0 bridgehead atoms. The topological polar surface area (TPSA) is 185 Å². The van der Waals surface area contributed by atoms with Gasteiger partial charge in [-0.1, -0.05) is 68.2 Å². The van der Waals surface area contributed by atoms with E-state index in [2.05, 4.69) is 16.0 Å². The molecule has 6 atom stereocenters. The van der Waals surface area contributed by atoms with Crippen molar-refractivity contribution in [2.75, 3.05) is 12.3 Å². The molecule has 3 rings (SSSR count). The number of urea groups is 1. The summed E-state index contributed by atoms with van der Waals surface area (Å²) >= 11 is 0. The van der Waals surface area contributed by atoms with Gasteiger partial charge in [-0.25, -0.2) is 13.2 Å². The lowest BCUT2D eigenvalue weighted by atomic mass is 9.85. The number of Topliss-reactive ketones (excluding diaryl/α,β-unsaturated/α-hetero) is 1. The third kappa shape index (κ3) is 8.18. The Morgan fingerprint density at radius 2 is 1.44 bits per heavy atom. The summed E-state index contributed by atoms with van der Waals surface area (Å²) < 4.78 is 25.1. The van der Waals surface area contributed by atoms with Crippen LogP contribution in [0.15, 0.2) is 0 Å². The van der Waals surface area contributed by atoms with Crippen molar-refractivity contribution in [3.63, 3.8) is 0 Å². The minimum atomic E-state index is -3.58. The Labute approximate surface area is 268 Å². The molecule has 2 unspecified atom stereocenters. The highest BCUT2D eigenvalue weighted by atomic mass is 32.2. The van der Waals surface area contributed by atoms with Gasteiger partial charge in [-0.2, -0.15) is 0 Å². The van der Waals surface area contributed by atoms with Crippen molar-refractivity contribution in [1.29, 1.82) is 0 Å². The lowest BCUT2D eigenvalue weighted by Gasteiger charge is -2.39. The summed E-state index contributed by atoms with van der Waals surface area (Å²) in [6, 6.07) is -4.44. The van der Waals surface area contributed by atoms with Crippen LogP contribution in [0.2, 0.25) is 0 Å². The van der Waals surface area contributed by atoms with Crippen molar-refractivity contribution in [2.45, 2.75) is 124 Å². The van der Waals surface area contributed by atoms with Crippen LogP contribution >= 0.6 is 0 Å². The number of sulfone groups is 1. The average Bonchev–Trinajstić information content (AvgIpc) is 3.71. The first kappa shape index (κ1) is 36.8. The summed E-state index contributed by atoms with van der Waals surface area (Å²) in [6.07, 6.45) is 2.13. The van der Waals surface area contributed by atoms with Gasteiger partial charge >= 0.3 is 6.03 Å². The van der Waals surface area contributed by atoms with E-state index >= 15 is 0 Å². The van der Waals surface area contributed by atoms with Crippen LogP contribution < -0.4 is 21.7 Å². The van der Waals surface area contributed by atoms with E-state index < -0.39 is 79.1 Å². The Bertz CT molecular complexity index is 1320. The van der Waals surface area contributed by atoms with Gasteiger partial charge in [-0.15, -0.1) is 0 Å². The Balaban J connectivity index is 1.84. The SMILES string of the molecule is CC(C)(C)[C@H](NC(=O)N[C@H](CS(=O)(=O)C(C)(C)C)C(C)(C)C)C(=O)N1CC2[C@@H]([C@H]1C(=O)NC(CC1CC1)C(=O)C(N)=O)C2(C)C. The predicted octanol–water partition coefficient (Wildman–Crippen LogP) is 2.15. The number of piperidine rings is 1. The second-order valence-corrected chi connectivity index (χ2v) is 19.9. The second-order valence-electron chi connectivity index (χ2n) is 17.1. The molecule has 2 saturated carbocycles. The number of hydrogen-bond acceptors (Lipinski definition) is 7. The smallest absolute Gasteiger partial charge is 0.315 e. The minimum Gasteiger partial charge on any atom is -0.363 e. The van der Waals surface area contributed by atoms with Gasteiger partial charge in [-0.05, 0) is 61.2 Å². The zero-order valence-electron chi connectivity index (χ0n) is 28.9. The van der Waals surface area contributed by atoms with Crippen molar-refractivity contribution < 1.29 is 32.4 Å². The van der Waals surface area contributed by atoms with Crippen molar-refractivity contribution in [2.24, 2.45) is 39.7 Å². The first-order chi connectivity index (χ1) is 20.2. The second kappa shape index (κ2) is 12.2. The number of primary amides is 1. The van der Waals surface area contributed by atoms with E-state index in [9.17, 15) is 32.4 Å². The molecule has 3 aliphatic rings. The Kier molecular flexibility index (Phi) is 9.93. The fraction of sp³-hybridized carbons (Fsp3) is 0.844. The fourth-order valence-electron chi connectivity index (χ4n) is 6.28. The molecule has 3 fully saturated rings. The largest absolute Gasteiger partial charge is 0.363 e. The zero-order chi connectivity index (χ0) is 34.7. The number of ketones is 1. The predicted molar refractivity (Wildman–Crippen MR) is 171 cm³/mol. The third-order valence-corrected chi connectivity index (χ3v) is 12.6. The maximum atomic E-state index is 14.2. The third-order valence-electron chi connectivity index (χ3n) is 9.96. The molecule has 0 aromatic rings. The van der Waals surface area contributed by atoms with Gasteiger partial charge in [0.15, 0.2) is 9.84 Å². The number of likely N-dealkylation sites (tertiary alicyclic amines) is 1. The molecule has 0 spiro atoms. The van der Waals surface area contributed by atoms with Crippen LogP contribution in [-0.4, -0.2) is 84.1 Å². The van der Waals surface area contributed by atoms with Crippen molar-refractivity contribution in [1.82, 2.24) is 20.9 Å². The Morgan fingerprint density at radius 3 is 1.89 bits per heavy atom. The molecule has 12 nitrogen and oxygen atoms in total. The summed E-state index contributed by atoms with van der Waals surface area (Å²) in [7, 11) is -3.58. The van der Waals surface area contributed by atoms with Crippen LogP contribution in [0.1, 0.15) is 95.4 Å². The molecular weight excluding hydrogens is 598 g/mol. The molecule has 5 N–H and O–H groups in total. The number of amides is 5. The lowest BCUT2D eigenvalue weighted by Crippen LogP contribution is -2.62. The first-order valence-corrected chi connectivity index (χ1v) is 17.6. The van der Waals surface area contributed by atoms with E-state index in [1.807, 2.05) is 34.6 Å². The molecule has 45 heavy (non-hydrogen) atoms. The standard InChI is InChI=1S/C32H55N5O7S/c1-29(2,3)20(16-45(43,44)31(7,8)9)35-28(42)36-24(30(4,5)6)27(41)37-15-18-21(32(18,10)11)22(37)26(40)34-19(14-17-12-13-17)23(38)25(33)39/h17-22,24H,12-16H2,1-11H3,(H2,33,39)(H,34,40)(H2,35,36,42)/t18?,19?,20-,21+,22+,24-/m1/s1. The molecule has 1 saturated heterocycles. The highest BCUT2D eigenvalue weighted by Gasteiger charge is 2.70. The van der Waals surface area contributed by atoms with Gasteiger partial charge in [0.1, 0.15) is 12.1 Å². The van der Waals surface area contributed by atoms with E-state index in [0.29, 0.717) is 13.0 Å². The summed E-state index contributed by atoms with van der Waals surface area (Å²) in [6.45, 7) is 20.1. The van der Waals surface area contributed by atoms with Gasteiger partial charge < -0.3 is 26.6 Å². The number of nitrogens with zero attached hydrogens (tertiary/aromatic N) is 1. The van der Waals surface area contributed by atoms with Crippen LogP contribution in [0.25, 0.3) is 0 Å². The highest BCUT2D eigenvalue weighted by molar-refractivity contribution is 7.92. The quantitative estimate of drug-likeness (QED) is 0.246. The van der Waals surface area contributed by atoms with Crippen molar-refractivity contribution in [3.05, 3.63) is 0 Å². The molecule has 5 amide bonds. The average molecular weight is 654 g/mol. The monoisotopic (exact) mass is 653 g/mol. The molecule has 2 aliphatic carbocycles. The first-order valence-electron chi connectivity index (χ1n) is 15.9. The normalized spacial score (nSPS) is 25.0. The van der Waals surface area contributed by atoms with Crippen LogP contribution in [-0.2, 0) is 29.0 Å². The molecule has 1 heterocycles. The number of carbonyl (C=O) groups excluding carboxylic acids is 5. The Hall–Kier alpha value is -2.70. The Morgan fingerprint density at radius 1 is 0.889 bits per heavy atom. The van der Waals surface area contributed by atoms with Gasteiger partial charge in [0.25, 0.3) is 5.91 Å².